The number of rotatable bonds is 8. The van der Waals surface area contributed by atoms with Crippen molar-refractivity contribution in [3.63, 3.8) is 0 Å². The van der Waals surface area contributed by atoms with Crippen molar-refractivity contribution >= 4 is 21.6 Å². The van der Waals surface area contributed by atoms with E-state index in [1.54, 1.807) is 47.4 Å². The lowest BCUT2D eigenvalue weighted by Crippen LogP contribution is -2.51. The normalized spacial score (nSPS) is 15.1. The van der Waals surface area contributed by atoms with E-state index < -0.39 is 10.0 Å². The molecule has 3 rings (SSSR count). The zero-order valence-corrected chi connectivity index (χ0v) is 18.3. The van der Waals surface area contributed by atoms with Gasteiger partial charge in [0.15, 0.2) is 0 Å². The van der Waals surface area contributed by atoms with Gasteiger partial charge in [0.1, 0.15) is 12.3 Å². The Bertz CT molecular complexity index is 942. The molecule has 0 saturated carbocycles. The van der Waals surface area contributed by atoms with Crippen LogP contribution in [0.4, 0.5) is 5.69 Å². The third kappa shape index (κ3) is 4.94. The summed E-state index contributed by atoms with van der Waals surface area (Å²) in [6, 6.07) is 15.1. The summed E-state index contributed by atoms with van der Waals surface area (Å²) in [6.45, 7) is 7.78. The first kappa shape index (κ1) is 22.1. The molecule has 0 radical (unpaired) electrons. The van der Waals surface area contributed by atoms with E-state index in [9.17, 15) is 13.2 Å². The van der Waals surface area contributed by atoms with Gasteiger partial charge in [0.2, 0.25) is 5.91 Å². The largest absolute Gasteiger partial charge is 0.492 e. The number of ether oxygens (including phenoxy) is 1. The van der Waals surface area contributed by atoms with E-state index in [0.717, 1.165) is 19.6 Å². The maximum atomic E-state index is 13.5. The van der Waals surface area contributed by atoms with E-state index in [4.69, 9.17) is 4.74 Å². The molecule has 0 unspecified atom stereocenters. The van der Waals surface area contributed by atoms with Crippen LogP contribution in [0.2, 0.25) is 0 Å². The molecule has 2 aromatic rings. The highest BCUT2D eigenvalue weighted by atomic mass is 32.2. The van der Waals surface area contributed by atoms with Crippen LogP contribution in [-0.4, -0.2) is 70.0 Å². The predicted octanol–water partition coefficient (Wildman–Crippen LogP) is 2.44. The molecule has 0 bridgehead atoms. The van der Waals surface area contributed by atoms with Crippen molar-refractivity contribution in [2.45, 2.75) is 18.7 Å². The first-order valence-electron chi connectivity index (χ1n) is 10.3. The minimum absolute atomic E-state index is 0.139. The first-order chi connectivity index (χ1) is 14.5. The number of piperazine rings is 1. The molecule has 2 aromatic carbocycles. The van der Waals surface area contributed by atoms with Gasteiger partial charge in [-0.2, -0.15) is 0 Å². The maximum Gasteiger partial charge on any atom is 0.264 e. The van der Waals surface area contributed by atoms with E-state index in [0.29, 0.717) is 31.1 Å². The smallest absolute Gasteiger partial charge is 0.264 e. The van der Waals surface area contributed by atoms with Gasteiger partial charge in [0, 0.05) is 26.2 Å². The number of sulfonamides is 1. The maximum absolute atomic E-state index is 13.5. The van der Waals surface area contributed by atoms with Gasteiger partial charge in [0.05, 0.1) is 17.2 Å². The van der Waals surface area contributed by atoms with Crippen molar-refractivity contribution in [1.82, 2.24) is 9.80 Å². The van der Waals surface area contributed by atoms with Gasteiger partial charge in [-0.3, -0.25) is 9.10 Å². The Kier molecular flexibility index (Phi) is 7.33. The van der Waals surface area contributed by atoms with E-state index in [-0.39, 0.29) is 17.3 Å². The lowest BCUT2D eigenvalue weighted by Gasteiger charge is -2.35. The lowest BCUT2D eigenvalue weighted by molar-refractivity contribution is -0.131. The quantitative estimate of drug-likeness (QED) is 0.642. The molecule has 0 aromatic heterocycles. The summed E-state index contributed by atoms with van der Waals surface area (Å²) < 4.78 is 33.8. The number of amides is 1. The summed E-state index contributed by atoms with van der Waals surface area (Å²) in [6.07, 6.45) is 0. The number of hydrogen-bond acceptors (Lipinski definition) is 5. The molecule has 0 aliphatic carbocycles. The summed E-state index contributed by atoms with van der Waals surface area (Å²) in [5.41, 5.74) is 0.365. The molecule has 0 atom stereocenters. The molecule has 1 fully saturated rings. The van der Waals surface area contributed by atoms with Crippen LogP contribution in [-0.2, 0) is 14.8 Å². The molecule has 1 heterocycles. The number of benzene rings is 2. The fourth-order valence-electron chi connectivity index (χ4n) is 3.50. The van der Waals surface area contributed by atoms with Crippen molar-refractivity contribution in [2.75, 3.05) is 50.2 Å². The molecule has 1 saturated heterocycles. The molecule has 0 spiro atoms. The molecule has 1 aliphatic heterocycles. The van der Waals surface area contributed by atoms with Crippen molar-refractivity contribution < 1.29 is 17.9 Å². The molecule has 0 N–H and O–H groups in total. The van der Waals surface area contributed by atoms with Crippen molar-refractivity contribution in [3.8, 4) is 5.75 Å². The second kappa shape index (κ2) is 9.95. The Morgan fingerprint density at radius 2 is 1.60 bits per heavy atom. The number of para-hydroxylation sites is 2. The number of carbonyl (C=O) groups is 1. The average molecular weight is 432 g/mol. The standard InChI is InChI=1S/C22H29N3O4S/c1-3-23-14-16-24(17-15-23)22(26)18-25(20-12-8-9-13-21(20)29-4-2)30(27,28)19-10-6-5-7-11-19/h5-13H,3-4,14-18H2,1-2H3. The second-order valence-electron chi connectivity index (χ2n) is 7.04. The molecule has 30 heavy (non-hydrogen) atoms. The van der Waals surface area contributed by atoms with Gasteiger partial charge in [-0.25, -0.2) is 8.42 Å². The Balaban J connectivity index is 1.94. The van der Waals surface area contributed by atoms with E-state index in [1.807, 2.05) is 6.92 Å². The zero-order chi connectivity index (χ0) is 21.6. The molecular formula is C22H29N3O4S. The van der Waals surface area contributed by atoms with Crippen LogP contribution in [0.1, 0.15) is 13.8 Å². The third-order valence-corrected chi connectivity index (χ3v) is 6.99. The highest BCUT2D eigenvalue weighted by molar-refractivity contribution is 7.92. The number of carbonyl (C=O) groups excluding carboxylic acids is 1. The SMILES string of the molecule is CCOc1ccccc1N(CC(=O)N1CCN(CC)CC1)S(=O)(=O)c1ccccc1. The van der Waals surface area contributed by atoms with Crippen molar-refractivity contribution in [2.24, 2.45) is 0 Å². The van der Waals surface area contributed by atoms with Gasteiger partial charge in [-0.15, -0.1) is 0 Å². The van der Waals surface area contributed by atoms with Crippen molar-refractivity contribution in [3.05, 3.63) is 54.6 Å². The van der Waals surface area contributed by atoms with Crippen LogP contribution < -0.4 is 9.04 Å². The average Bonchev–Trinajstić information content (AvgIpc) is 2.78. The fraction of sp³-hybridized carbons (Fsp3) is 0.409. The Morgan fingerprint density at radius 1 is 0.967 bits per heavy atom. The lowest BCUT2D eigenvalue weighted by atomic mass is 10.2. The number of likely N-dealkylation sites (N-methyl/N-ethyl adjacent to an activating group) is 1. The van der Waals surface area contributed by atoms with Gasteiger partial charge >= 0.3 is 0 Å². The topological polar surface area (TPSA) is 70.2 Å². The summed E-state index contributed by atoms with van der Waals surface area (Å²) in [4.78, 5) is 17.2. The summed E-state index contributed by atoms with van der Waals surface area (Å²) in [5.74, 6) is 0.222. The van der Waals surface area contributed by atoms with E-state index in [1.165, 1.54) is 16.4 Å². The fourth-order valence-corrected chi connectivity index (χ4v) is 4.94. The van der Waals surface area contributed by atoms with Crippen LogP contribution in [0.5, 0.6) is 5.75 Å². The van der Waals surface area contributed by atoms with Crippen LogP contribution in [0.15, 0.2) is 59.5 Å². The summed E-state index contributed by atoms with van der Waals surface area (Å²) in [7, 11) is -3.95. The van der Waals surface area contributed by atoms with E-state index in [2.05, 4.69) is 11.8 Å². The predicted molar refractivity (Wildman–Crippen MR) is 117 cm³/mol. The van der Waals surface area contributed by atoms with E-state index >= 15 is 0 Å². The Morgan fingerprint density at radius 3 is 2.23 bits per heavy atom. The van der Waals surface area contributed by atoms with Crippen LogP contribution in [0.3, 0.4) is 0 Å². The molecule has 8 heteroatoms. The van der Waals surface area contributed by atoms with Gasteiger partial charge in [-0.05, 0) is 37.7 Å². The highest BCUT2D eigenvalue weighted by Crippen LogP contribution is 2.32. The number of anilines is 1. The molecule has 1 aliphatic rings. The van der Waals surface area contributed by atoms with Gasteiger partial charge < -0.3 is 14.5 Å². The van der Waals surface area contributed by atoms with Crippen LogP contribution in [0, 0.1) is 0 Å². The van der Waals surface area contributed by atoms with Gasteiger partial charge in [-0.1, -0.05) is 37.3 Å². The summed E-state index contributed by atoms with van der Waals surface area (Å²) in [5, 5.41) is 0. The molecular weight excluding hydrogens is 402 g/mol. The second-order valence-corrected chi connectivity index (χ2v) is 8.90. The third-order valence-electron chi connectivity index (χ3n) is 5.22. The first-order valence-corrected chi connectivity index (χ1v) is 11.7. The highest BCUT2D eigenvalue weighted by Gasteiger charge is 2.31. The molecule has 162 valence electrons. The van der Waals surface area contributed by atoms with Crippen molar-refractivity contribution in [1.29, 1.82) is 0 Å². The van der Waals surface area contributed by atoms with Crippen LogP contribution in [0.25, 0.3) is 0 Å². The number of nitrogens with zero attached hydrogens (tertiary/aromatic N) is 3. The Hall–Kier alpha value is -2.58. The Labute approximate surface area is 178 Å². The van der Waals surface area contributed by atoms with Gasteiger partial charge in [0.25, 0.3) is 10.0 Å². The summed E-state index contributed by atoms with van der Waals surface area (Å²) >= 11 is 0. The minimum atomic E-state index is -3.95. The molecule has 7 nitrogen and oxygen atoms in total. The minimum Gasteiger partial charge on any atom is -0.492 e. The zero-order valence-electron chi connectivity index (χ0n) is 17.5. The van der Waals surface area contributed by atoms with Crippen LogP contribution >= 0.6 is 0 Å². The number of hydrogen-bond donors (Lipinski definition) is 0. The molecule has 1 amide bonds. The monoisotopic (exact) mass is 431 g/mol.